The van der Waals surface area contributed by atoms with E-state index in [0.717, 1.165) is 29.2 Å². The van der Waals surface area contributed by atoms with Crippen LogP contribution in [0.4, 0.5) is 0 Å². The molecule has 0 aliphatic carbocycles. The van der Waals surface area contributed by atoms with Crippen molar-refractivity contribution in [1.29, 1.82) is 0 Å². The van der Waals surface area contributed by atoms with Crippen molar-refractivity contribution in [3.8, 4) is 0 Å². The average molecular weight is 329 g/mol. The molecule has 0 radical (unpaired) electrons. The van der Waals surface area contributed by atoms with Gasteiger partial charge in [-0.2, -0.15) is 0 Å². The molecule has 1 aromatic carbocycles. The number of likely N-dealkylation sites (N-methyl/N-ethyl adjacent to an activating group) is 1. The van der Waals surface area contributed by atoms with Crippen LogP contribution in [0.15, 0.2) is 18.2 Å². The lowest BCUT2D eigenvalue weighted by Crippen LogP contribution is -2.23. The molecule has 0 saturated heterocycles. The van der Waals surface area contributed by atoms with Crippen molar-refractivity contribution in [3.05, 3.63) is 49.4 Å². The summed E-state index contributed by atoms with van der Waals surface area (Å²) in [5.74, 6) is 0. The van der Waals surface area contributed by atoms with Gasteiger partial charge in [-0.3, -0.25) is 0 Å². The van der Waals surface area contributed by atoms with E-state index in [1.165, 1.54) is 4.88 Å². The van der Waals surface area contributed by atoms with Gasteiger partial charge >= 0.3 is 0 Å². The number of thiazole rings is 1. The van der Waals surface area contributed by atoms with Gasteiger partial charge in [-0.15, -0.1) is 11.3 Å². The Kier molecular flexibility index (Phi) is 5.44. The molecule has 0 bridgehead atoms. The highest BCUT2D eigenvalue weighted by atomic mass is 35.5. The van der Waals surface area contributed by atoms with Crippen LogP contribution < -0.4 is 5.32 Å². The molecule has 2 aromatic rings. The lowest BCUT2D eigenvalue weighted by Gasteiger charge is -2.18. The standard InChI is InChI=1S/C15H18Cl2N2S/c1-4-18-13(15-9(2)19-10(3)20-15)8-11-6-5-7-12(16)14(11)17/h5-7,13,18H,4,8H2,1-3H3. The fraction of sp³-hybridized carbons (Fsp3) is 0.400. The van der Waals surface area contributed by atoms with E-state index in [4.69, 9.17) is 23.2 Å². The molecule has 5 heteroatoms. The second-order valence-corrected chi connectivity index (χ2v) is 6.73. The van der Waals surface area contributed by atoms with E-state index in [0.29, 0.717) is 10.0 Å². The first-order chi connectivity index (χ1) is 9.52. The van der Waals surface area contributed by atoms with E-state index >= 15 is 0 Å². The third kappa shape index (κ3) is 3.53. The van der Waals surface area contributed by atoms with E-state index in [1.54, 1.807) is 11.3 Å². The summed E-state index contributed by atoms with van der Waals surface area (Å²) in [5.41, 5.74) is 2.16. The number of aromatic nitrogens is 1. The molecule has 0 spiro atoms. The zero-order valence-electron chi connectivity index (χ0n) is 11.8. The SMILES string of the molecule is CCNC(Cc1cccc(Cl)c1Cl)c1sc(C)nc1C. The number of benzene rings is 1. The summed E-state index contributed by atoms with van der Waals surface area (Å²) in [6, 6.07) is 6.01. The minimum Gasteiger partial charge on any atom is -0.309 e. The Balaban J connectivity index is 2.30. The Morgan fingerprint density at radius 2 is 2.05 bits per heavy atom. The van der Waals surface area contributed by atoms with Crippen molar-refractivity contribution in [2.45, 2.75) is 33.2 Å². The smallest absolute Gasteiger partial charge is 0.0900 e. The Labute approximate surface area is 134 Å². The summed E-state index contributed by atoms with van der Waals surface area (Å²) in [7, 11) is 0. The lowest BCUT2D eigenvalue weighted by molar-refractivity contribution is 0.555. The molecule has 2 rings (SSSR count). The maximum atomic E-state index is 6.30. The van der Waals surface area contributed by atoms with Crippen molar-refractivity contribution in [2.75, 3.05) is 6.54 Å². The summed E-state index contributed by atoms with van der Waals surface area (Å²) >= 11 is 14.1. The van der Waals surface area contributed by atoms with Crippen LogP contribution in [-0.2, 0) is 6.42 Å². The predicted molar refractivity (Wildman–Crippen MR) is 88.2 cm³/mol. The second kappa shape index (κ2) is 6.90. The molecular formula is C15H18Cl2N2S. The number of rotatable bonds is 5. The number of nitrogens with one attached hydrogen (secondary N) is 1. The summed E-state index contributed by atoms with van der Waals surface area (Å²) in [6.45, 7) is 7.11. The maximum Gasteiger partial charge on any atom is 0.0900 e. The Hall–Kier alpha value is -0.610. The highest BCUT2D eigenvalue weighted by Gasteiger charge is 2.18. The van der Waals surface area contributed by atoms with Crippen molar-refractivity contribution < 1.29 is 0 Å². The van der Waals surface area contributed by atoms with Crippen molar-refractivity contribution in [1.82, 2.24) is 10.3 Å². The second-order valence-electron chi connectivity index (χ2n) is 4.71. The van der Waals surface area contributed by atoms with Crippen LogP contribution in [0.5, 0.6) is 0 Å². The minimum atomic E-state index is 0.224. The van der Waals surface area contributed by atoms with Crippen LogP contribution in [0.25, 0.3) is 0 Å². The third-order valence-electron chi connectivity index (χ3n) is 3.16. The van der Waals surface area contributed by atoms with Crippen LogP contribution in [0.1, 0.15) is 34.1 Å². The summed E-state index contributed by atoms with van der Waals surface area (Å²) in [5, 5.41) is 5.87. The van der Waals surface area contributed by atoms with Gasteiger partial charge in [0.05, 0.1) is 20.7 Å². The molecule has 1 heterocycles. The first kappa shape index (κ1) is 15.8. The average Bonchev–Trinajstić information content (AvgIpc) is 2.73. The maximum absolute atomic E-state index is 6.30. The molecule has 1 atom stereocenters. The molecule has 0 aliphatic heterocycles. The molecule has 0 aliphatic rings. The molecular weight excluding hydrogens is 311 g/mol. The Morgan fingerprint density at radius 1 is 1.30 bits per heavy atom. The van der Waals surface area contributed by atoms with Crippen molar-refractivity contribution in [2.24, 2.45) is 0 Å². The molecule has 0 amide bonds. The number of hydrogen-bond donors (Lipinski definition) is 1. The van der Waals surface area contributed by atoms with Gasteiger partial charge < -0.3 is 5.32 Å². The lowest BCUT2D eigenvalue weighted by atomic mass is 10.0. The van der Waals surface area contributed by atoms with E-state index in [2.05, 4.69) is 24.1 Å². The van der Waals surface area contributed by atoms with Gasteiger partial charge in [0.25, 0.3) is 0 Å². The number of hydrogen-bond acceptors (Lipinski definition) is 3. The van der Waals surface area contributed by atoms with E-state index in [9.17, 15) is 0 Å². The largest absolute Gasteiger partial charge is 0.309 e. The van der Waals surface area contributed by atoms with Gasteiger partial charge in [-0.25, -0.2) is 4.98 Å². The molecule has 2 nitrogen and oxygen atoms in total. The quantitative estimate of drug-likeness (QED) is 0.838. The van der Waals surface area contributed by atoms with Crippen molar-refractivity contribution in [3.63, 3.8) is 0 Å². The van der Waals surface area contributed by atoms with E-state index < -0.39 is 0 Å². The molecule has 108 valence electrons. The highest BCUT2D eigenvalue weighted by Crippen LogP contribution is 2.32. The van der Waals surface area contributed by atoms with Gasteiger partial charge in [-0.1, -0.05) is 42.3 Å². The Morgan fingerprint density at radius 3 is 2.65 bits per heavy atom. The van der Waals surface area contributed by atoms with Gasteiger partial charge in [0, 0.05) is 10.9 Å². The fourth-order valence-electron chi connectivity index (χ4n) is 2.30. The van der Waals surface area contributed by atoms with E-state index in [-0.39, 0.29) is 6.04 Å². The zero-order valence-corrected chi connectivity index (χ0v) is 14.2. The van der Waals surface area contributed by atoms with Crippen LogP contribution >= 0.6 is 34.5 Å². The van der Waals surface area contributed by atoms with Gasteiger partial charge in [0.15, 0.2) is 0 Å². The van der Waals surface area contributed by atoms with Gasteiger partial charge in [-0.05, 0) is 38.4 Å². The topological polar surface area (TPSA) is 24.9 Å². The molecule has 1 aromatic heterocycles. The van der Waals surface area contributed by atoms with Gasteiger partial charge in [0.1, 0.15) is 0 Å². The van der Waals surface area contributed by atoms with Crippen LogP contribution in [0.3, 0.4) is 0 Å². The van der Waals surface area contributed by atoms with E-state index in [1.807, 2.05) is 25.1 Å². The molecule has 0 fully saturated rings. The number of halogens is 2. The monoisotopic (exact) mass is 328 g/mol. The van der Waals surface area contributed by atoms with Crippen LogP contribution in [-0.4, -0.2) is 11.5 Å². The summed E-state index contributed by atoms with van der Waals surface area (Å²) in [6.07, 6.45) is 0.815. The predicted octanol–water partition coefficient (Wildman–Crippen LogP) is 4.96. The normalized spacial score (nSPS) is 12.7. The Bertz CT molecular complexity index is 596. The summed E-state index contributed by atoms with van der Waals surface area (Å²) < 4.78 is 0. The molecule has 1 unspecified atom stereocenters. The third-order valence-corrected chi connectivity index (χ3v) is 5.21. The molecule has 0 saturated carbocycles. The first-order valence-corrected chi connectivity index (χ1v) is 8.20. The van der Waals surface area contributed by atoms with Crippen LogP contribution in [0, 0.1) is 13.8 Å². The minimum absolute atomic E-state index is 0.224. The fourth-order valence-corrected chi connectivity index (χ4v) is 3.70. The first-order valence-electron chi connectivity index (χ1n) is 6.63. The van der Waals surface area contributed by atoms with Gasteiger partial charge in [0.2, 0.25) is 0 Å². The summed E-state index contributed by atoms with van der Waals surface area (Å²) in [4.78, 5) is 5.79. The number of nitrogens with zero attached hydrogens (tertiary/aromatic N) is 1. The zero-order chi connectivity index (χ0) is 14.7. The van der Waals surface area contributed by atoms with Crippen LogP contribution in [0.2, 0.25) is 10.0 Å². The molecule has 20 heavy (non-hydrogen) atoms. The number of aryl methyl sites for hydroxylation is 2. The highest BCUT2D eigenvalue weighted by molar-refractivity contribution is 7.11. The van der Waals surface area contributed by atoms with Crippen molar-refractivity contribution >= 4 is 34.5 Å². The molecule has 1 N–H and O–H groups in total.